The maximum absolute atomic E-state index is 5.66. The van der Waals surface area contributed by atoms with Gasteiger partial charge in [-0.1, -0.05) is 24.6 Å². The van der Waals surface area contributed by atoms with Gasteiger partial charge in [0.05, 0.1) is 6.61 Å². The van der Waals surface area contributed by atoms with E-state index in [-0.39, 0.29) is 0 Å². The SMILES string of the molecule is CNC1CCCC1CCOCCOc1ccccc1. The molecule has 1 fully saturated rings. The van der Waals surface area contributed by atoms with E-state index in [0.717, 1.165) is 24.7 Å². The monoisotopic (exact) mass is 263 g/mol. The van der Waals surface area contributed by atoms with Crippen LogP contribution in [0.4, 0.5) is 0 Å². The van der Waals surface area contributed by atoms with E-state index in [1.807, 2.05) is 30.3 Å². The minimum atomic E-state index is 0.629. The number of nitrogens with one attached hydrogen (secondary N) is 1. The van der Waals surface area contributed by atoms with Crippen LogP contribution >= 0.6 is 0 Å². The predicted octanol–water partition coefficient (Wildman–Crippen LogP) is 2.86. The lowest BCUT2D eigenvalue weighted by molar-refractivity contribution is 0.0883. The molecule has 0 radical (unpaired) electrons. The summed E-state index contributed by atoms with van der Waals surface area (Å²) in [5.74, 6) is 1.71. The summed E-state index contributed by atoms with van der Waals surface area (Å²) in [6, 6.07) is 10.6. The second-order valence-corrected chi connectivity index (χ2v) is 5.15. The van der Waals surface area contributed by atoms with E-state index in [1.165, 1.54) is 19.3 Å². The van der Waals surface area contributed by atoms with Crippen LogP contribution in [0.2, 0.25) is 0 Å². The third-order valence-corrected chi connectivity index (χ3v) is 3.90. The zero-order valence-corrected chi connectivity index (χ0v) is 11.8. The van der Waals surface area contributed by atoms with Gasteiger partial charge in [-0.2, -0.15) is 0 Å². The van der Waals surface area contributed by atoms with Gasteiger partial charge in [0.2, 0.25) is 0 Å². The minimum Gasteiger partial charge on any atom is -0.491 e. The van der Waals surface area contributed by atoms with Crippen molar-refractivity contribution in [3.63, 3.8) is 0 Å². The number of benzene rings is 1. The van der Waals surface area contributed by atoms with Crippen LogP contribution < -0.4 is 10.1 Å². The summed E-state index contributed by atoms with van der Waals surface area (Å²) < 4.78 is 11.2. The first kappa shape index (κ1) is 14.4. The molecule has 19 heavy (non-hydrogen) atoms. The Labute approximate surface area is 116 Å². The molecule has 2 atom stereocenters. The fourth-order valence-corrected chi connectivity index (χ4v) is 2.83. The number of rotatable bonds is 8. The molecular formula is C16H25NO2. The molecule has 2 unspecified atom stereocenters. The van der Waals surface area contributed by atoms with E-state index in [2.05, 4.69) is 12.4 Å². The average molecular weight is 263 g/mol. The molecule has 0 bridgehead atoms. The van der Waals surface area contributed by atoms with Crippen LogP contribution in [-0.4, -0.2) is 32.9 Å². The summed E-state index contributed by atoms with van der Waals surface area (Å²) >= 11 is 0. The van der Waals surface area contributed by atoms with Crippen molar-refractivity contribution >= 4 is 0 Å². The summed E-state index contributed by atoms with van der Waals surface area (Å²) in [7, 11) is 2.07. The maximum atomic E-state index is 5.66. The topological polar surface area (TPSA) is 30.5 Å². The Balaban J connectivity index is 1.50. The van der Waals surface area contributed by atoms with Crippen molar-refractivity contribution in [1.82, 2.24) is 5.32 Å². The van der Waals surface area contributed by atoms with Gasteiger partial charge in [0.15, 0.2) is 0 Å². The fraction of sp³-hybridized carbons (Fsp3) is 0.625. The zero-order valence-electron chi connectivity index (χ0n) is 11.8. The Kier molecular flexibility index (Phi) is 6.18. The molecule has 0 aromatic heterocycles. The molecule has 3 nitrogen and oxygen atoms in total. The molecule has 1 aromatic rings. The number of para-hydroxylation sites is 1. The first-order valence-corrected chi connectivity index (χ1v) is 7.33. The van der Waals surface area contributed by atoms with Crippen molar-refractivity contribution in [1.29, 1.82) is 0 Å². The molecule has 1 aliphatic rings. The summed E-state index contributed by atoms with van der Waals surface area (Å²) in [4.78, 5) is 0. The molecule has 1 aromatic carbocycles. The summed E-state index contributed by atoms with van der Waals surface area (Å²) in [6.07, 6.45) is 5.18. The van der Waals surface area contributed by atoms with Gasteiger partial charge in [-0.05, 0) is 44.4 Å². The molecule has 1 N–H and O–H groups in total. The highest BCUT2D eigenvalue weighted by Crippen LogP contribution is 2.27. The molecule has 2 rings (SSSR count). The molecule has 1 aliphatic carbocycles. The van der Waals surface area contributed by atoms with Gasteiger partial charge in [0.1, 0.15) is 12.4 Å². The van der Waals surface area contributed by atoms with E-state index in [0.29, 0.717) is 19.3 Å². The highest BCUT2D eigenvalue weighted by molar-refractivity contribution is 5.20. The molecule has 106 valence electrons. The number of hydrogen-bond acceptors (Lipinski definition) is 3. The van der Waals surface area contributed by atoms with Gasteiger partial charge in [-0.15, -0.1) is 0 Å². The second kappa shape index (κ2) is 8.18. The van der Waals surface area contributed by atoms with E-state index >= 15 is 0 Å². The first-order valence-electron chi connectivity index (χ1n) is 7.33. The Morgan fingerprint density at radius 1 is 1.11 bits per heavy atom. The Bertz CT molecular complexity index is 342. The average Bonchev–Trinajstić information content (AvgIpc) is 2.91. The third kappa shape index (κ3) is 4.84. The maximum Gasteiger partial charge on any atom is 0.119 e. The summed E-state index contributed by atoms with van der Waals surface area (Å²) in [5, 5.41) is 3.41. The largest absolute Gasteiger partial charge is 0.491 e. The van der Waals surface area contributed by atoms with Crippen LogP contribution in [0.15, 0.2) is 30.3 Å². The van der Waals surface area contributed by atoms with Gasteiger partial charge in [0, 0.05) is 12.6 Å². The predicted molar refractivity (Wildman–Crippen MR) is 77.6 cm³/mol. The first-order chi connectivity index (χ1) is 9.40. The van der Waals surface area contributed by atoms with Crippen molar-refractivity contribution in [3.8, 4) is 5.75 Å². The highest BCUT2D eigenvalue weighted by atomic mass is 16.5. The molecule has 3 heteroatoms. The lowest BCUT2D eigenvalue weighted by Gasteiger charge is -2.18. The van der Waals surface area contributed by atoms with E-state index in [1.54, 1.807) is 0 Å². The van der Waals surface area contributed by atoms with Gasteiger partial charge in [-0.3, -0.25) is 0 Å². The van der Waals surface area contributed by atoms with Gasteiger partial charge in [0.25, 0.3) is 0 Å². The molecule has 0 spiro atoms. The molecule has 0 aliphatic heterocycles. The van der Waals surface area contributed by atoms with Crippen LogP contribution in [0.5, 0.6) is 5.75 Å². The Morgan fingerprint density at radius 3 is 2.74 bits per heavy atom. The van der Waals surface area contributed by atoms with Gasteiger partial charge >= 0.3 is 0 Å². The minimum absolute atomic E-state index is 0.629. The van der Waals surface area contributed by atoms with Crippen LogP contribution in [-0.2, 0) is 4.74 Å². The van der Waals surface area contributed by atoms with Crippen molar-refractivity contribution in [3.05, 3.63) is 30.3 Å². The van der Waals surface area contributed by atoms with Crippen molar-refractivity contribution in [2.45, 2.75) is 31.7 Å². The fourth-order valence-electron chi connectivity index (χ4n) is 2.83. The lowest BCUT2D eigenvalue weighted by Crippen LogP contribution is -2.29. The Hall–Kier alpha value is -1.06. The standard InChI is InChI=1S/C16H25NO2/c1-17-16-9-5-6-14(16)10-11-18-12-13-19-15-7-3-2-4-8-15/h2-4,7-8,14,16-17H,5-6,9-13H2,1H3. The molecule has 0 amide bonds. The third-order valence-electron chi connectivity index (χ3n) is 3.90. The van der Waals surface area contributed by atoms with Crippen molar-refractivity contribution < 1.29 is 9.47 Å². The van der Waals surface area contributed by atoms with Crippen molar-refractivity contribution in [2.24, 2.45) is 5.92 Å². The molecule has 0 saturated heterocycles. The van der Waals surface area contributed by atoms with Crippen LogP contribution in [0.3, 0.4) is 0 Å². The highest BCUT2D eigenvalue weighted by Gasteiger charge is 2.25. The summed E-state index contributed by atoms with van der Waals surface area (Å²) in [6.45, 7) is 2.15. The van der Waals surface area contributed by atoms with Crippen LogP contribution in [0.25, 0.3) is 0 Å². The van der Waals surface area contributed by atoms with Crippen LogP contribution in [0, 0.1) is 5.92 Å². The second-order valence-electron chi connectivity index (χ2n) is 5.15. The van der Waals surface area contributed by atoms with E-state index in [4.69, 9.17) is 9.47 Å². The van der Waals surface area contributed by atoms with E-state index < -0.39 is 0 Å². The lowest BCUT2D eigenvalue weighted by atomic mass is 10.0. The smallest absolute Gasteiger partial charge is 0.119 e. The van der Waals surface area contributed by atoms with Crippen molar-refractivity contribution in [2.75, 3.05) is 26.9 Å². The molecule has 1 saturated carbocycles. The number of ether oxygens (including phenoxy) is 2. The zero-order chi connectivity index (χ0) is 13.3. The Morgan fingerprint density at radius 2 is 1.95 bits per heavy atom. The summed E-state index contributed by atoms with van der Waals surface area (Å²) in [5.41, 5.74) is 0. The van der Waals surface area contributed by atoms with E-state index in [9.17, 15) is 0 Å². The van der Waals surface area contributed by atoms with Gasteiger partial charge < -0.3 is 14.8 Å². The molecule has 0 heterocycles. The van der Waals surface area contributed by atoms with Crippen LogP contribution in [0.1, 0.15) is 25.7 Å². The van der Waals surface area contributed by atoms with Gasteiger partial charge in [-0.25, -0.2) is 0 Å². The quantitative estimate of drug-likeness (QED) is 0.732. The molecular weight excluding hydrogens is 238 g/mol. The normalized spacial score (nSPS) is 22.6. The number of hydrogen-bond donors (Lipinski definition) is 1.